The zero-order chi connectivity index (χ0) is 12.1. The molecule has 0 saturated heterocycles. The lowest BCUT2D eigenvalue weighted by molar-refractivity contribution is -0.129. The Balaban J connectivity index is 1.65. The Bertz CT molecular complexity index is 399. The molecule has 1 aliphatic rings. The Morgan fingerprint density at radius 2 is 1.82 bits per heavy atom. The fourth-order valence-electron chi connectivity index (χ4n) is 1.54. The van der Waals surface area contributed by atoms with Crippen LogP contribution in [-0.4, -0.2) is 11.8 Å². The minimum absolute atomic E-state index is 0.0712. The van der Waals surface area contributed by atoms with Crippen molar-refractivity contribution in [2.45, 2.75) is 25.7 Å². The van der Waals surface area contributed by atoms with Crippen LogP contribution in [0.5, 0.6) is 0 Å². The van der Waals surface area contributed by atoms with E-state index in [0.29, 0.717) is 12.8 Å². The molecule has 0 atom stereocenters. The molecule has 90 valence electrons. The highest BCUT2D eigenvalue weighted by molar-refractivity contribution is 5.84. The standard InChI is InChI=1S/C13H16N2O2/c16-12(14-15-13(17)11-7-8-11)9-6-10-4-2-1-3-5-10/h1-5,11H,6-9H2,(H,14,16)(H,15,17). The molecule has 1 aromatic carbocycles. The van der Waals surface area contributed by atoms with Crippen LogP contribution in [-0.2, 0) is 16.0 Å². The maximum atomic E-state index is 11.4. The van der Waals surface area contributed by atoms with Gasteiger partial charge in [0, 0.05) is 12.3 Å². The molecule has 2 N–H and O–H groups in total. The molecule has 1 saturated carbocycles. The molecule has 17 heavy (non-hydrogen) atoms. The van der Waals surface area contributed by atoms with Gasteiger partial charge in [-0.2, -0.15) is 0 Å². The van der Waals surface area contributed by atoms with Gasteiger partial charge in [0.2, 0.25) is 11.8 Å². The molecule has 0 unspecified atom stereocenters. The average molecular weight is 232 g/mol. The Kier molecular flexibility index (Phi) is 3.75. The predicted octanol–water partition coefficient (Wildman–Crippen LogP) is 1.18. The Hall–Kier alpha value is -1.84. The molecule has 0 aliphatic heterocycles. The monoisotopic (exact) mass is 232 g/mol. The van der Waals surface area contributed by atoms with Crippen molar-refractivity contribution in [3.8, 4) is 0 Å². The average Bonchev–Trinajstić information content (AvgIpc) is 3.19. The van der Waals surface area contributed by atoms with Crippen molar-refractivity contribution in [3.63, 3.8) is 0 Å². The van der Waals surface area contributed by atoms with Gasteiger partial charge in [-0.25, -0.2) is 0 Å². The number of aryl methyl sites for hydroxylation is 1. The zero-order valence-electron chi connectivity index (χ0n) is 9.61. The minimum atomic E-state index is -0.150. The largest absolute Gasteiger partial charge is 0.273 e. The molecule has 2 amide bonds. The summed E-state index contributed by atoms with van der Waals surface area (Å²) in [6, 6.07) is 9.80. The number of hydrogen-bond acceptors (Lipinski definition) is 2. The number of nitrogens with one attached hydrogen (secondary N) is 2. The van der Waals surface area contributed by atoms with E-state index in [1.165, 1.54) is 0 Å². The lowest BCUT2D eigenvalue weighted by atomic mass is 10.1. The van der Waals surface area contributed by atoms with Crippen molar-refractivity contribution in [2.75, 3.05) is 0 Å². The molecular weight excluding hydrogens is 216 g/mol. The van der Waals surface area contributed by atoms with Gasteiger partial charge in [0.15, 0.2) is 0 Å². The second kappa shape index (κ2) is 5.48. The highest BCUT2D eigenvalue weighted by atomic mass is 16.2. The second-order valence-corrected chi connectivity index (χ2v) is 4.30. The van der Waals surface area contributed by atoms with Crippen molar-refractivity contribution >= 4 is 11.8 Å². The summed E-state index contributed by atoms with van der Waals surface area (Å²) in [5, 5.41) is 0. The number of benzene rings is 1. The van der Waals surface area contributed by atoms with Gasteiger partial charge < -0.3 is 0 Å². The van der Waals surface area contributed by atoms with Crippen LogP contribution < -0.4 is 10.9 Å². The van der Waals surface area contributed by atoms with Gasteiger partial charge in [0.05, 0.1) is 0 Å². The summed E-state index contributed by atoms with van der Waals surface area (Å²) in [6.45, 7) is 0. The van der Waals surface area contributed by atoms with Crippen LogP contribution in [0.1, 0.15) is 24.8 Å². The summed E-state index contributed by atoms with van der Waals surface area (Å²) in [4.78, 5) is 22.7. The molecule has 0 radical (unpaired) electrons. The van der Waals surface area contributed by atoms with Crippen molar-refractivity contribution in [3.05, 3.63) is 35.9 Å². The number of rotatable bonds is 4. The van der Waals surface area contributed by atoms with Crippen LogP contribution in [0.4, 0.5) is 0 Å². The third kappa shape index (κ3) is 3.90. The maximum absolute atomic E-state index is 11.4. The molecule has 0 aromatic heterocycles. The maximum Gasteiger partial charge on any atom is 0.241 e. The third-order valence-electron chi connectivity index (χ3n) is 2.76. The van der Waals surface area contributed by atoms with E-state index in [9.17, 15) is 9.59 Å². The van der Waals surface area contributed by atoms with Crippen molar-refractivity contribution in [1.29, 1.82) is 0 Å². The Labute approximate surface area is 100 Å². The molecule has 0 heterocycles. The number of hydrogen-bond donors (Lipinski definition) is 2. The van der Waals surface area contributed by atoms with Crippen molar-refractivity contribution in [2.24, 2.45) is 5.92 Å². The summed E-state index contributed by atoms with van der Waals surface area (Å²) in [7, 11) is 0. The van der Waals surface area contributed by atoms with Gasteiger partial charge >= 0.3 is 0 Å². The summed E-state index contributed by atoms with van der Waals surface area (Å²) >= 11 is 0. The quantitative estimate of drug-likeness (QED) is 0.766. The van der Waals surface area contributed by atoms with Crippen molar-refractivity contribution in [1.82, 2.24) is 10.9 Å². The lowest BCUT2D eigenvalue weighted by Gasteiger charge is -2.06. The van der Waals surface area contributed by atoms with Gasteiger partial charge in [-0.1, -0.05) is 30.3 Å². The van der Waals surface area contributed by atoms with Crippen LogP contribution in [0.2, 0.25) is 0 Å². The fraction of sp³-hybridized carbons (Fsp3) is 0.385. The SMILES string of the molecule is O=C(CCc1ccccc1)NNC(=O)C1CC1. The lowest BCUT2D eigenvalue weighted by Crippen LogP contribution is -2.42. The first kappa shape index (κ1) is 11.6. The van der Waals surface area contributed by atoms with Gasteiger partial charge in [0.1, 0.15) is 0 Å². The highest BCUT2D eigenvalue weighted by Gasteiger charge is 2.29. The first-order valence-electron chi connectivity index (χ1n) is 5.88. The van der Waals surface area contributed by atoms with Crippen LogP contribution >= 0.6 is 0 Å². The van der Waals surface area contributed by atoms with Crippen molar-refractivity contribution < 1.29 is 9.59 Å². The van der Waals surface area contributed by atoms with E-state index >= 15 is 0 Å². The van der Waals surface area contributed by atoms with Crippen LogP contribution in [0.3, 0.4) is 0 Å². The Morgan fingerprint density at radius 1 is 1.12 bits per heavy atom. The summed E-state index contributed by atoms with van der Waals surface area (Å²) in [5.74, 6) is -0.106. The summed E-state index contributed by atoms with van der Waals surface area (Å²) in [6.07, 6.45) is 2.94. The number of carbonyl (C=O) groups is 2. The number of hydrazine groups is 1. The van der Waals surface area contributed by atoms with E-state index in [1.807, 2.05) is 30.3 Å². The molecule has 1 fully saturated rings. The fourth-order valence-corrected chi connectivity index (χ4v) is 1.54. The van der Waals surface area contributed by atoms with Crippen LogP contribution in [0, 0.1) is 5.92 Å². The summed E-state index contributed by atoms with van der Waals surface area (Å²) < 4.78 is 0. The van der Waals surface area contributed by atoms with Gasteiger partial charge in [-0.15, -0.1) is 0 Å². The Morgan fingerprint density at radius 3 is 2.47 bits per heavy atom. The molecule has 4 heteroatoms. The van der Waals surface area contributed by atoms with E-state index in [2.05, 4.69) is 10.9 Å². The first-order chi connectivity index (χ1) is 8.25. The summed E-state index contributed by atoms with van der Waals surface area (Å²) in [5.41, 5.74) is 6.00. The van der Waals surface area contributed by atoms with E-state index in [0.717, 1.165) is 18.4 Å². The van der Waals surface area contributed by atoms with E-state index in [1.54, 1.807) is 0 Å². The van der Waals surface area contributed by atoms with Gasteiger partial charge in [0.25, 0.3) is 0 Å². The first-order valence-corrected chi connectivity index (χ1v) is 5.88. The zero-order valence-corrected chi connectivity index (χ0v) is 9.61. The molecule has 2 rings (SSSR count). The van der Waals surface area contributed by atoms with Gasteiger partial charge in [-0.3, -0.25) is 20.4 Å². The minimum Gasteiger partial charge on any atom is -0.273 e. The topological polar surface area (TPSA) is 58.2 Å². The molecule has 0 spiro atoms. The van der Waals surface area contributed by atoms with E-state index < -0.39 is 0 Å². The van der Waals surface area contributed by atoms with Gasteiger partial charge in [-0.05, 0) is 24.8 Å². The van der Waals surface area contributed by atoms with Crippen LogP contribution in [0.25, 0.3) is 0 Å². The predicted molar refractivity (Wildman–Crippen MR) is 63.8 cm³/mol. The normalized spacial score (nSPS) is 14.1. The van der Waals surface area contributed by atoms with E-state index in [4.69, 9.17) is 0 Å². The molecule has 4 nitrogen and oxygen atoms in total. The second-order valence-electron chi connectivity index (χ2n) is 4.30. The molecular formula is C13H16N2O2. The highest BCUT2D eigenvalue weighted by Crippen LogP contribution is 2.28. The van der Waals surface area contributed by atoms with E-state index in [-0.39, 0.29) is 17.7 Å². The smallest absolute Gasteiger partial charge is 0.241 e. The molecule has 1 aliphatic carbocycles. The third-order valence-corrected chi connectivity index (χ3v) is 2.76. The van der Waals surface area contributed by atoms with Crippen LogP contribution in [0.15, 0.2) is 30.3 Å². The number of carbonyl (C=O) groups excluding carboxylic acids is 2. The molecule has 0 bridgehead atoms. The molecule has 1 aromatic rings. The number of amides is 2.